The Morgan fingerprint density at radius 2 is 1.80 bits per heavy atom. The molecule has 2 unspecified atom stereocenters. The topological polar surface area (TPSA) is 53.4 Å². The summed E-state index contributed by atoms with van der Waals surface area (Å²) in [7, 11) is 0. The van der Waals surface area contributed by atoms with Crippen LogP contribution in [0.25, 0.3) is 0 Å². The maximum Gasteiger partial charge on any atom is 0.105 e. The van der Waals surface area contributed by atoms with E-state index < -0.39 is 12.2 Å². The number of hydrogen-bond acceptors (Lipinski definition) is 4. The van der Waals surface area contributed by atoms with E-state index in [0.29, 0.717) is 17.7 Å². The van der Waals surface area contributed by atoms with Gasteiger partial charge in [0.15, 0.2) is 0 Å². The van der Waals surface area contributed by atoms with E-state index in [-0.39, 0.29) is 0 Å². The third-order valence-corrected chi connectivity index (χ3v) is 2.49. The highest BCUT2D eigenvalue weighted by Crippen LogP contribution is 2.20. The highest BCUT2D eigenvalue weighted by molar-refractivity contribution is 7.80. The van der Waals surface area contributed by atoms with Crippen molar-refractivity contribution in [3.63, 3.8) is 0 Å². The molecule has 0 spiro atoms. The highest BCUT2D eigenvalue weighted by atomic mass is 32.1. The molecule has 0 bridgehead atoms. The second-order valence-corrected chi connectivity index (χ2v) is 4.15. The minimum Gasteiger partial charge on any atom is -0.390 e. The Bertz CT molecular complexity index is 310. The van der Waals surface area contributed by atoms with Crippen LogP contribution in [0, 0.1) is 13.8 Å². The zero-order valence-corrected chi connectivity index (χ0v) is 9.91. The van der Waals surface area contributed by atoms with E-state index in [9.17, 15) is 10.2 Å². The summed E-state index contributed by atoms with van der Waals surface area (Å²) in [4.78, 5) is 4.21. The normalized spacial score (nSPS) is 15.0. The summed E-state index contributed by atoms with van der Waals surface area (Å²) in [6.45, 7) is 3.74. The van der Waals surface area contributed by atoms with E-state index in [1.165, 1.54) is 0 Å². The molecule has 0 aromatic carbocycles. The summed E-state index contributed by atoms with van der Waals surface area (Å²) in [6, 6.07) is 3.58. The molecule has 0 radical (unpaired) electrons. The van der Waals surface area contributed by atoms with Gasteiger partial charge in [-0.15, -0.1) is 0 Å². The number of rotatable bonds is 4. The van der Waals surface area contributed by atoms with Crippen molar-refractivity contribution in [2.45, 2.75) is 32.5 Å². The van der Waals surface area contributed by atoms with Gasteiger partial charge in [0, 0.05) is 11.4 Å². The number of aryl methyl sites for hydroxylation is 2. The lowest BCUT2D eigenvalue weighted by molar-refractivity contribution is 0.0171. The fraction of sp³-hybridized carbons (Fsp3) is 0.545. The van der Waals surface area contributed by atoms with Crippen LogP contribution in [0.2, 0.25) is 0 Å². The average molecular weight is 227 g/mol. The van der Waals surface area contributed by atoms with E-state index in [0.717, 1.165) is 11.4 Å². The van der Waals surface area contributed by atoms with Gasteiger partial charge in [-0.1, -0.05) is 0 Å². The van der Waals surface area contributed by atoms with Gasteiger partial charge < -0.3 is 10.2 Å². The second kappa shape index (κ2) is 5.49. The Kier molecular flexibility index (Phi) is 4.57. The standard InChI is InChI=1S/C11H17NO2S/c1-7-5-9(6-8(2)12-7)11(14)10(13)3-4-15/h5-6,10-11,13-15H,3-4H2,1-2H3. The molecule has 0 aliphatic heterocycles. The van der Waals surface area contributed by atoms with Crippen molar-refractivity contribution in [1.82, 2.24) is 4.98 Å². The van der Waals surface area contributed by atoms with Gasteiger partial charge in [-0.05, 0) is 43.7 Å². The van der Waals surface area contributed by atoms with Crippen LogP contribution in [-0.4, -0.2) is 27.1 Å². The average Bonchev–Trinajstić information content (AvgIpc) is 2.15. The molecular formula is C11H17NO2S. The number of aliphatic hydroxyl groups excluding tert-OH is 2. The zero-order valence-electron chi connectivity index (χ0n) is 9.01. The molecule has 0 aliphatic carbocycles. The van der Waals surface area contributed by atoms with Crippen LogP contribution in [0.5, 0.6) is 0 Å². The molecule has 3 nitrogen and oxygen atoms in total. The van der Waals surface area contributed by atoms with Crippen LogP contribution in [0.4, 0.5) is 0 Å². The van der Waals surface area contributed by atoms with Gasteiger partial charge in [0.1, 0.15) is 6.10 Å². The first kappa shape index (κ1) is 12.5. The summed E-state index contributed by atoms with van der Waals surface area (Å²) in [5, 5.41) is 19.5. The van der Waals surface area contributed by atoms with Crippen molar-refractivity contribution in [1.29, 1.82) is 0 Å². The first-order chi connectivity index (χ1) is 7.04. The van der Waals surface area contributed by atoms with Crippen LogP contribution in [-0.2, 0) is 0 Å². The van der Waals surface area contributed by atoms with Crippen LogP contribution in [0.1, 0.15) is 29.5 Å². The Morgan fingerprint density at radius 3 is 2.27 bits per heavy atom. The molecule has 0 saturated heterocycles. The van der Waals surface area contributed by atoms with Crippen molar-refractivity contribution in [2.75, 3.05) is 5.75 Å². The van der Waals surface area contributed by atoms with Crippen LogP contribution in [0.3, 0.4) is 0 Å². The smallest absolute Gasteiger partial charge is 0.105 e. The van der Waals surface area contributed by atoms with Gasteiger partial charge in [-0.25, -0.2) is 0 Å². The number of pyridine rings is 1. The van der Waals surface area contributed by atoms with Crippen molar-refractivity contribution >= 4 is 12.6 Å². The lowest BCUT2D eigenvalue weighted by atomic mass is 10.0. The van der Waals surface area contributed by atoms with E-state index in [2.05, 4.69) is 17.6 Å². The molecule has 0 aliphatic rings. The third-order valence-electron chi connectivity index (χ3n) is 2.23. The van der Waals surface area contributed by atoms with E-state index in [4.69, 9.17) is 0 Å². The quantitative estimate of drug-likeness (QED) is 0.682. The van der Waals surface area contributed by atoms with Crippen molar-refractivity contribution in [3.05, 3.63) is 29.1 Å². The predicted octanol–water partition coefficient (Wildman–Crippen LogP) is 1.41. The van der Waals surface area contributed by atoms with E-state index >= 15 is 0 Å². The van der Waals surface area contributed by atoms with Gasteiger partial charge in [0.05, 0.1) is 6.10 Å². The van der Waals surface area contributed by atoms with Crippen molar-refractivity contribution < 1.29 is 10.2 Å². The number of thiol groups is 1. The molecule has 0 saturated carbocycles. The number of hydrogen-bond donors (Lipinski definition) is 3. The third kappa shape index (κ3) is 3.48. The number of aliphatic hydroxyl groups is 2. The van der Waals surface area contributed by atoms with Crippen molar-refractivity contribution in [3.8, 4) is 0 Å². The number of aromatic nitrogens is 1. The Balaban J connectivity index is 2.85. The maximum atomic E-state index is 9.86. The summed E-state index contributed by atoms with van der Waals surface area (Å²) in [5.74, 6) is 0.557. The molecule has 84 valence electrons. The fourth-order valence-corrected chi connectivity index (χ4v) is 1.81. The van der Waals surface area contributed by atoms with Crippen LogP contribution < -0.4 is 0 Å². The van der Waals surface area contributed by atoms with Crippen molar-refractivity contribution in [2.24, 2.45) is 0 Å². The summed E-state index contributed by atoms with van der Waals surface area (Å²) in [5.41, 5.74) is 2.42. The Hall–Kier alpha value is -0.580. The van der Waals surface area contributed by atoms with Gasteiger partial charge >= 0.3 is 0 Å². The molecule has 1 heterocycles. The zero-order chi connectivity index (χ0) is 11.4. The molecule has 4 heteroatoms. The molecule has 1 aromatic heterocycles. The second-order valence-electron chi connectivity index (χ2n) is 3.71. The maximum absolute atomic E-state index is 9.86. The molecule has 0 amide bonds. The first-order valence-electron chi connectivity index (χ1n) is 4.96. The van der Waals surface area contributed by atoms with Gasteiger partial charge in [-0.3, -0.25) is 4.98 Å². The lowest BCUT2D eigenvalue weighted by Crippen LogP contribution is -2.19. The molecule has 2 N–H and O–H groups in total. The monoisotopic (exact) mass is 227 g/mol. The molecule has 0 fully saturated rings. The molecule has 2 atom stereocenters. The SMILES string of the molecule is Cc1cc(C(O)C(O)CCS)cc(C)n1. The van der Waals surface area contributed by atoms with Crippen LogP contribution in [0.15, 0.2) is 12.1 Å². The lowest BCUT2D eigenvalue weighted by Gasteiger charge is -2.18. The Morgan fingerprint density at radius 1 is 1.27 bits per heavy atom. The minimum absolute atomic E-state index is 0.477. The fourth-order valence-electron chi connectivity index (χ4n) is 1.55. The Labute approximate surface area is 95.6 Å². The number of nitrogens with zero attached hydrogens (tertiary/aromatic N) is 1. The predicted molar refractivity (Wildman–Crippen MR) is 63.1 cm³/mol. The van der Waals surface area contributed by atoms with E-state index in [1.54, 1.807) is 12.1 Å². The highest BCUT2D eigenvalue weighted by Gasteiger charge is 2.18. The van der Waals surface area contributed by atoms with Gasteiger partial charge in [0.25, 0.3) is 0 Å². The van der Waals surface area contributed by atoms with Gasteiger partial charge in [0.2, 0.25) is 0 Å². The summed E-state index contributed by atoms with van der Waals surface area (Å²) >= 11 is 4.02. The molecular weight excluding hydrogens is 210 g/mol. The molecule has 1 aromatic rings. The molecule has 15 heavy (non-hydrogen) atoms. The van der Waals surface area contributed by atoms with Crippen LogP contribution >= 0.6 is 12.6 Å². The largest absolute Gasteiger partial charge is 0.390 e. The minimum atomic E-state index is -0.849. The van der Waals surface area contributed by atoms with Gasteiger partial charge in [-0.2, -0.15) is 12.6 Å². The summed E-state index contributed by atoms with van der Waals surface area (Å²) < 4.78 is 0. The van der Waals surface area contributed by atoms with E-state index in [1.807, 2.05) is 13.8 Å². The molecule has 1 rings (SSSR count). The first-order valence-corrected chi connectivity index (χ1v) is 5.60. The summed E-state index contributed by atoms with van der Waals surface area (Å²) in [6.07, 6.45) is -1.13.